The van der Waals surface area contributed by atoms with E-state index in [4.69, 9.17) is 27.9 Å². The van der Waals surface area contributed by atoms with E-state index in [1.165, 1.54) is 44.1 Å². The van der Waals surface area contributed by atoms with E-state index >= 15 is 0 Å². The van der Waals surface area contributed by atoms with Crippen LogP contribution in [0.25, 0.3) is 0 Å². The topological polar surface area (TPSA) is 41.6 Å². The van der Waals surface area contributed by atoms with Crippen molar-refractivity contribution in [3.05, 3.63) is 69.0 Å². The van der Waals surface area contributed by atoms with Gasteiger partial charge in [0, 0.05) is 28.7 Å². The maximum Gasteiger partial charge on any atom is 0.255 e. The molecule has 38 heavy (non-hydrogen) atoms. The molecule has 4 nitrogen and oxygen atoms in total. The molecule has 1 amide bonds. The second-order valence-corrected chi connectivity index (χ2v) is 12.6. The molecule has 0 spiro atoms. The third kappa shape index (κ3) is 7.90. The number of allylic oxidation sites excluding steroid dienone is 4. The lowest BCUT2D eigenvalue weighted by Gasteiger charge is -2.38. The van der Waals surface area contributed by atoms with Gasteiger partial charge in [0.25, 0.3) is 5.91 Å². The summed E-state index contributed by atoms with van der Waals surface area (Å²) in [5.41, 5.74) is 3.74. The molecule has 0 aromatic heterocycles. The number of benzene rings is 1. The molecule has 2 saturated heterocycles. The van der Waals surface area contributed by atoms with Gasteiger partial charge in [-0.15, -0.1) is 0 Å². The molecule has 1 aromatic rings. The normalized spacial score (nSPS) is 27.7. The Bertz CT molecular complexity index is 1070. The van der Waals surface area contributed by atoms with Gasteiger partial charge in [0.1, 0.15) is 0 Å². The Labute approximate surface area is 239 Å². The molecule has 2 fully saturated rings. The van der Waals surface area contributed by atoms with Gasteiger partial charge in [-0.2, -0.15) is 0 Å². The van der Waals surface area contributed by atoms with Gasteiger partial charge in [0.05, 0.1) is 23.6 Å². The van der Waals surface area contributed by atoms with Crippen molar-refractivity contribution >= 4 is 29.1 Å². The molecule has 4 unspecified atom stereocenters. The SMILES string of the molecule is CC1=C(N2CCC(CCC3CC(C)OC(C)CC3C)CC2)C(NC(=O)c2cccc(Cl)c2)=CC(Cl)=CCC1. The van der Waals surface area contributed by atoms with Crippen LogP contribution in [-0.2, 0) is 4.74 Å². The Morgan fingerprint density at radius 1 is 1.08 bits per heavy atom. The number of piperidine rings is 1. The fraction of sp³-hybridized carbons (Fsp3) is 0.594. The van der Waals surface area contributed by atoms with Crippen LogP contribution in [0.3, 0.4) is 0 Å². The Hall–Kier alpha value is -1.75. The zero-order valence-electron chi connectivity index (χ0n) is 23.4. The number of carbonyl (C=O) groups excluding carboxylic acids is 1. The number of amides is 1. The molecule has 4 rings (SSSR count). The number of halogens is 2. The van der Waals surface area contributed by atoms with Crippen LogP contribution in [0.2, 0.25) is 5.02 Å². The van der Waals surface area contributed by atoms with Crippen molar-refractivity contribution in [2.24, 2.45) is 17.8 Å². The molecule has 3 aliphatic rings. The lowest BCUT2D eigenvalue weighted by molar-refractivity contribution is 0.00957. The first kappa shape index (κ1) is 29.2. The van der Waals surface area contributed by atoms with Gasteiger partial charge < -0.3 is 15.0 Å². The van der Waals surface area contributed by atoms with Crippen molar-refractivity contribution in [1.29, 1.82) is 0 Å². The Balaban J connectivity index is 1.41. The first-order valence-electron chi connectivity index (χ1n) is 14.4. The van der Waals surface area contributed by atoms with Crippen LogP contribution in [0.1, 0.15) is 89.4 Å². The molecule has 2 heterocycles. The predicted molar refractivity (Wildman–Crippen MR) is 158 cm³/mol. The highest BCUT2D eigenvalue weighted by atomic mass is 35.5. The Morgan fingerprint density at radius 3 is 2.55 bits per heavy atom. The highest BCUT2D eigenvalue weighted by Crippen LogP contribution is 2.36. The van der Waals surface area contributed by atoms with E-state index in [1.54, 1.807) is 24.3 Å². The van der Waals surface area contributed by atoms with Gasteiger partial charge in [-0.25, -0.2) is 0 Å². The summed E-state index contributed by atoms with van der Waals surface area (Å²) in [5.74, 6) is 2.07. The molecule has 1 N–H and O–H groups in total. The molecule has 0 radical (unpaired) electrons. The minimum absolute atomic E-state index is 0.172. The van der Waals surface area contributed by atoms with Crippen molar-refractivity contribution in [2.45, 2.75) is 91.3 Å². The molecule has 4 atom stereocenters. The number of carbonyl (C=O) groups is 1. The van der Waals surface area contributed by atoms with E-state index in [0.29, 0.717) is 27.8 Å². The van der Waals surface area contributed by atoms with Crippen LogP contribution >= 0.6 is 23.2 Å². The van der Waals surface area contributed by atoms with Crippen molar-refractivity contribution in [2.75, 3.05) is 13.1 Å². The van der Waals surface area contributed by atoms with E-state index in [9.17, 15) is 4.79 Å². The number of nitrogens with one attached hydrogen (secondary N) is 1. The van der Waals surface area contributed by atoms with Gasteiger partial charge in [-0.1, -0.05) is 48.7 Å². The number of rotatable bonds is 6. The fourth-order valence-electron chi connectivity index (χ4n) is 6.58. The molecule has 6 heteroatoms. The first-order valence-corrected chi connectivity index (χ1v) is 15.2. The van der Waals surface area contributed by atoms with Crippen LogP contribution in [0, 0.1) is 17.8 Å². The summed E-state index contributed by atoms with van der Waals surface area (Å²) in [5, 5.41) is 4.37. The summed E-state index contributed by atoms with van der Waals surface area (Å²) < 4.78 is 6.13. The molecular weight excluding hydrogens is 515 g/mol. The monoisotopic (exact) mass is 558 g/mol. The zero-order chi connectivity index (χ0) is 27.2. The molecule has 0 saturated carbocycles. The zero-order valence-corrected chi connectivity index (χ0v) is 25.0. The van der Waals surface area contributed by atoms with Gasteiger partial charge in [-0.05, 0) is 113 Å². The lowest BCUT2D eigenvalue weighted by atomic mass is 9.80. The fourth-order valence-corrected chi connectivity index (χ4v) is 6.99. The van der Waals surface area contributed by atoms with Gasteiger partial charge in [0.2, 0.25) is 0 Å². The second-order valence-electron chi connectivity index (χ2n) is 11.8. The van der Waals surface area contributed by atoms with Crippen molar-refractivity contribution in [3.8, 4) is 0 Å². The quantitative estimate of drug-likeness (QED) is 0.380. The highest BCUT2D eigenvalue weighted by Gasteiger charge is 2.30. The smallest absolute Gasteiger partial charge is 0.255 e. The van der Waals surface area contributed by atoms with Crippen LogP contribution < -0.4 is 5.32 Å². The number of hydrogen-bond acceptors (Lipinski definition) is 3. The van der Waals surface area contributed by atoms with Crippen LogP contribution in [0.4, 0.5) is 0 Å². The summed E-state index contributed by atoms with van der Waals surface area (Å²) in [7, 11) is 0. The van der Waals surface area contributed by atoms with Gasteiger partial charge in [0.15, 0.2) is 0 Å². The van der Waals surface area contributed by atoms with Gasteiger partial charge in [-0.3, -0.25) is 4.79 Å². The van der Waals surface area contributed by atoms with E-state index in [2.05, 4.69) is 37.9 Å². The molecular formula is C32H44Cl2N2O2. The first-order chi connectivity index (χ1) is 18.2. The highest BCUT2D eigenvalue weighted by molar-refractivity contribution is 6.31. The van der Waals surface area contributed by atoms with E-state index in [0.717, 1.165) is 55.1 Å². The minimum Gasteiger partial charge on any atom is -0.376 e. The Kier molecular flexibility index (Phi) is 10.4. The summed E-state index contributed by atoms with van der Waals surface area (Å²) in [6, 6.07) is 7.06. The lowest BCUT2D eigenvalue weighted by Crippen LogP contribution is -2.38. The maximum atomic E-state index is 13.2. The average Bonchev–Trinajstić information content (AvgIpc) is 2.98. The molecule has 2 aliphatic heterocycles. The Morgan fingerprint density at radius 2 is 1.82 bits per heavy atom. The van der Waals surface area contributed by atoms with Crippen LogP contribution in [-0.4, -0.2) is 36.1 Å². The molecule has 1 aliphatic carbocycles. The van der Waals surface area contributed by atoms with E-state index in [-0.39, 0.29) is 5.91 Å². The number of hydrogen-bond donors (Lipinski definition) is 1. The largest absolute Gasteiger partial charge is 0.376 e. The number of likely N-dealkylation sites (tertiary alicyclic amines) is 1. The average molecular weight is 560 g/mol. The van der Waals surface area contributed by atoms with Crippen molar-refractivity contribution < 1.29 is 9.53 Å². The number of ether oxygens (including phenoxy) is 1. The molecule has 208 valence electrons. The van der Waals surface area contributed by atoms with Crippen LogP contribution in [0.5, 0.6) is 0 Å². The number of nitrogens with zero attached hydrogens (tertiary/aromatic N) is 1. The van der Waals surface area contributed by atoms with Crippen molar-refractivity contribution in [3.63, 3.8) is 0 Å². The summed E-state index contributed by atoms with van der Waals surface area (Å²) in [6.07, 6.45) is 13.8. The third-order valence-corrected chi connectivity index (χ3v) is 9.12. The molecule has 1 aromatic carbocycles. The van der Waals surface area contributed by atoms with Crippen molar-refractivity contribution in [1.82, 2.24) is 10.2 Å². The molecule has 0 bridgehead atoms. The van der Waals surface area contributed by atoms with E-state index < -0.39 is 0 Å². The summed E-state index contributed by atoms with van der Waals surface area (Å²) >= 11 is 12.7. The van der Waals surface area contributed by atoms with Gasteiger partial charge >= 0.3 is 0 Å². The van der Waals surface area contributed by atoms with E-state index in [1.807, 2.05) is 12.2 Å². The third-order valence-electron chi connectivity index (χ3n) is 8.62. The predicted octanol–water partition coefficient (Wildman–Crippen LogP) is 8.48. The minimum atomic E-state index is -0.172. The standard InChI is InChI=1S/C32H44Cl2N2O2/c1-21-7-5-9-29(34)20-30(35-32(37)27-8-6-10-28(33)19-27)31(21)36-15-13-25(14-16-36)11-12-26-18-24(4)38-23(3)17-22(26)2/h6,8-10,19-20,22-26H,5,7,11-18H2,1-4H3,(H,35,37). The summed E-state index contributed by atoms with van der Waals surface area (Å²) in [4.78, 5) is 15.6. The summed E-state index contributed by atoms with van der Waals surface area (Å²) in [6.45, 7) is 11.1. The second kappa shape index (κ2) is 13.5. The van der Waals surface area contributed by atoms with Crippen LogP contribution in [0.15, 0.2) is 58.4 Å². The maximum absolute atomic E-state index is 13.2.